The van der Waals surface area contributed by atoms with Crippen molar-refractivity contribution in [2.45, 2.75) is 6.42 Å². The maximum Gasteiger partial charge on any atom is 0.180 e. The average Bonchev–Trinajstić information content (AvgIpc) is 3.14. The van der Waals surface area contributed by atoms with Gasteiger partial charge in [-0.25, -0.2) is 4.98 Å². The lowest BCUT2D eigenvalue weighted by Gasteiger charge is -2.08. The number of pyridine rings is 1. The van der Waals surface area contributed by atoms with Gasteiger partial charge in [0.15, 0.2) is 11.4 Å². The number of rotatable bonds is 7. The number of fused-ring (bicyclic) bond motifs is 1. The fourth-order valence-corrected chi connectivity index (χ4v) is 2.88. The van der Waals surface area contributed by atoms with Crippen LogP contribution in [0.5, 0.6) is 11.5 Å². The highest BCUT2D eigenvalue weighted by Crippen LogP contribution is 2.25. The van der Waals surface area contributed by atoms with E-state index in [4.69, 9.17) is 20.2 Å². The molecule has 5 nitrogen and oxygen atoms in total. The number of nitrogens with two attached hydrogens (primary N) is 1. The molecular formula is C22H21N3O2. The first-order valence-corrected chi connectivity index (χ1v) is 8.94. The molecule has 0 saturated heterocycles. The predicted molar refractivity (Wildman–Crippen MR) is 107 cm³/mol. The number of aromatic nitrogens is 2. The van der Waals surface area contributed by atoms with Gasteiger partial charge in [-0.2, -0.15) is 0 Å². The number of nitrogen functional groups attached to an aromatic ring is 1. The molecule has 2 heterocycles. The first kappa shape index (κ1) is 17.0. The molecule has 2 aromatic heterocycles. The van der Waals surface area contributed by atoms with Crippen molar-refractivity contribution in [2.24, 2.45) is 0 Å². The highest BCUT2D eigenvalue weighted by Gasteiger charge is 2.09. The monoisotopic (exact) mass is 359 g/mol. The minimum absolute atomic E-state index is 0.562. The van der Waals surface area contributed by atoms with Crippen LogP contribution in [0.2, 0.25) is 0 Å². The number of ether oxygens (including phenoxy) is 2. The summed E-state index contributed by atoms with van der Waals surface area (Å²) in [7, 11) is 0. The molecule has 4 rings (SSSR count). The summed E-state index contributed by atoms with van der Waals surface area (Å²) in [5, 5.41) is 0. The largest absolute Gasteiger partial charge is 0.493 e. The summed E-state index contributed by atoms with van der Waals surface area (Å²) in [6, 6.07) is 21.4. The van der Waals surface area contributed by atoms with E-state index in [2.05, 4.69) is 0 Å². The van der Waals surface area contributed by atoms with Crippen molar-refractivity contribution in [2.75, 3.05) is 18.9 Å². The minimum atomic E-state index is 0.562. The first-order chi connectivity index (χ1) is 13.3. The molecule has 0 saturated carbocycles. The van der Waals surface area contributed by atoms with Gasteiger partial charge in [0.2, 0.25) is 0 Å². The van der Waals surface area contributed by atoms with Crippen molar-refractivity contribution in [3.05, 3.63) is 79.1 Å². The van der Waals surface area contributed by atoms with Gasteiger partial charge < -0.3 is 19.6 Å². The van der Waals surface area contributed by atoms with Crippen LogP contribution in [0.1, 0.15) is 6.42 Å². The zero-order chi connectivity index (χ0) is 18.5. The van der Waals surface area contributed by atoms with E-state index in [-0.39, 0.29) is 0 Å². The molecule has 0 atom stereocenters. The van der Waals surface area contributed by atoms with Gasteiger partial charge in [0.25, 0.3) is 0 Å². The number of imidazole rings is 1. The van der Waals surface area contributed by atoms with E-state index < -0.39 is 0 Å². The Bertz CT molecular complexity index is 1030. The minimum Gasteiger partial charge on any atom is -0.493 e. The summed E-state index contributed by atoms with van der Waals surface area (Å²) in [4.78, 5) is 4.72. The molecule has 0 bridgehead atoms. The third-order valence-electron chi connectivity index (χ3n) is 4.19. The molecule has 0 aliphatic rings. The van der Waals surface area contributed by atoms with E-state index in [0.717, 1.165) is 40.5 Å². The summed E-state index contributed by atoms with van der Waals surface area (Å²) in [5.41, 5.74) is 9.25. The second-order valence-electron chi connectivity index (χ2n) is 6.22. The van der Waals surface area contributed by atoms with Crippen molar-refractivity contribution in [1.29, 1.82) is 0 Å². The van der Waals surface area contributed by atoms with Gasteiger partial charge in [0.1, 0.15) is 5.75 Å². The fourth-order valence-electron chi connectivity index (χ4n) is 2.88. The van der Waals surface area contributed by atoms with Gasteiger partial charge in [-0.15, -0.1) is 0 Å². The van der Waals surface area contributed by atoms with Gasteiger partial charge in [0, 0.05) is 30.1 Å². The Labute approximate surface area is 158 Å². The van der Waals surface area contributed by atoms with Gasteiger partial charge in [0.05, 0.1) is 18.9 Å². The SMILES string of the molecule is Nc1cccc(-c2cn3cccc(OCCCOc4ccccc4)c3n2)c1. The van der Waals surface area contributed by atoms with Crippen LogP contribution >= 0.6 is 0 Å². The van der Waals surface area contributed by atoms with Crippen molar-refractivity contribution < 1.29 is 9.47 Å². The van der Waals surface area contributed by atoms with Gasteiger partial charge in [-0.1, -0.05) is 30.3 Å². The smallest absolute Gasteiger partial charge is 0.180 e. The standard InChI is InChI=1S/C22H21N3O2/c23-18-8-4-7-17(15-18)20-16-25-12-5-11-21(22(25)24-20)27-14-6-13-26-19-9-2-1-3-10-19/h1-5,7-12,15-16H,6,13-14,23H2. The van der Waals surface area contributed by atoms with Gasteiger partial charge in [-0.05, 0) is 36.4 Å². The molecule has 0 aliphatic carbocycles. The topological polar surface area (TPSA) is 61.8 Å². The Morgan fingerprint density at radius 1 is 0.889 bits per heavy atom. The van der Waals surface area contributed by atoms with Crippen LogP contribution in [0.25, 0.3) is 16.9 Å². The normalized spacial score (nSPS) is 10.8. The summed E-state index contributed by atoms with van der Waals surface area (Å²) >= 11 is 0. The Morgan fingerprint density at radius 2 is 1.74 bits per heavy atom. The zero-order valence-electron chi connectivity index (χ0n) is 14.9. The Morgan fingerprint density at radius 3 is 2.59 bits per heavy atom. The van der Waals surface area contributed by atoms with Crippen molar-refractivity contribution in [3.8, 4) is 22.8 Å². The number of benzene rings is 2. The molecule has 136 valence electrons. The first-order valence-electron chi connectivity index (χ1n) is 8.94. The number of hydrogen-bond donors (Lipinski definition) is 1. The highest BCUT2D eigenvalue weighted by molar-refractivity contribution is 5.68. The second-order valence-corrected chi connectivity index (χ2v) is 6.22. The maximum absolute atomic E-state index is 5.94. The van der Waals surface area contributed by atoms with Crippen LogP contribution in [-0.2, 0) is 0 Å². The van der Waals surface area contributed by atoms with Crippen LogP contribution < -0.4 is 15.2 Å². The Kier molecular flexibility index (Phi) is 4.92. The third kappa shape index (κ3) is 4.03. The summed E-state index contributed by atoms with van der Waals surface area (Å²) in [6.07, 6.45) is 4.73. The van der Waals surface area contributed by atoms with Gasteiger partial charge in [-0.3, -0.25) is 0 Å². The van der Waals surface area contributed by atoms with Crippen LogP contribution in [-0.4, -0.2) is 22.6 Å². The lowest BCUT2D eigenvalue weighted by molar-refractivity contribution is 0.248. The highest BCUT2D eigenvalue weighted by atomic mass is 16.5. The van der Waals surface area contributed by atoms with E-state index in [1.54, 1.807) is 0 Å². The fraction of sp³-hybridized carbons (Fsp3) is 0.136. The van der Waals surface area contributed by atoms with Crippen LogP contribution in [0.4, 0.5) is 5.69 Å². The quantitative estimate of drug-likeness (QED) is 0.392. The van der Waals surface area contributed by atoms with E-state index in [1.165, 1.54) is 0 Å². The number of hydrogen-bond acceptors (Lipinski definition) is 4. The number of para-hydroxylation sites is 1. The molecule has 0 spiro atoms. The molecule has 27 heavy (non-hydrogen) atoms. The Hall–Kier alpha value is -3.47. The van der Waals surface area contributed by atoms with Crippen molar-refractivity contribution in [3.63, 3.8) is 0 Å². The van der Waals surface area contributed by atoms with E-state index in [1.807, 2.05) is 83.5 Å². The van der Waals surface area contributed by atoms with Crippen LogP contribution in [0.3, 0.4) is 0 Å². The average molecular weight is 359 g/mol. The molecular weight excluding hydrogens is 338 g/mol. The Balaban J connectivity index is 1.41. The van der Waals surface area contributed by atoms with E-state index in [0.29, 0.717) is 13.2 Å². The third-order valence-corrected chi connectivity index (χ3v) is 4.19. The molecule has 0 unspecified atom stereocenters. The van der Waals surface area contributed by atoms with Crippen molar-refractivity contribution in [1.82, 2.24) is 9.38 Å². The summed E-state index contributed by atoms with van der Waals surface area (Å²) in [5.74, 6) is 1.63. The summed E-state index contributed by atoms with van der Waals surface area (Å²) < 4.78 is 13.6. The van der Waals surface area contributed by atoms with Crippen molar-refractivity contribution >= 4 is 11.3 Å². The lowest BCUT2D eigenvalue weighted by atomic mass is 10.1. The molecule has 0 radical (unpaired) electrons. The van der Waals surface area contributed by atoms with E-state index >= 15 is 0 Å². The number of nitrogens with zero attached hydrogens (tertiary/aromatic N) is 2. The molecule has 2 aromatic carbocycles. The molecule has 5 heteroatoms. The van der Waals surface area contributed by atoms with Crippen LogP contribution in [0.15, 0.2) is 79.1 Å². The molecule has 4 aromatic rings. The molecule has 2 N–H and O–H groups in total. The molecule has 0 fully saturated rings. The molecule has 0 aliphatic heterocycles. The predicted octanol–water partition coefficient (Wildman–Crippen LogP) is 4.43. The zero-order valence-corrected chi connectivity index (χ0v) is 14.9. The second kappa shape index (κ2) is 7.83. The summed E-state index contributed by atoms with van der Waals surface area (Å²) in [6.45, 7) is 1.17. The lowest BCUT2D eigenvalue weighted by Crippen LogP contribution is -2.05. The number of anilines is 1. The van der Waals surface area contributed by atoms with E-state index in [9.17, 15) is 0 Å². The van der Waals surface area contributed by atoms with Gasteiger partial charge >= 0.3 is 0 Å². The molecule has 0 amide bonds. The van der Waals surface area contributed by atoms with Crippen LogP contribution in [0, 0.1) is 0 Å². The maximum atomic E-state index is 5.94.